The van der Waals surface area contributed by atoms with E-state index in [4.69, 9.17) is 5.11 Å². The highest BCUT2D eigenvalue weighted by Crippen LogP contribution is 2.22. The average Bonchev–Trinajstić information content (AvgIpc) is 2.93. The molecule has 1 amide bonds. The zero-order chi connectivity index (χ0) is 14.5. The minimum Gasteiger partial charge on any atom is -0.478 e. The van der Waals surface area contributed by atoms with Crippen molar-refractivity contribution in [3.8, 4) is 0 Å². The van der Waals surface area contributed by atoms with Gasteiger partial charge in [0.1, 0.15) is 0 Å². The number of carboxylic acids is 1. The molecule has 0 spiro atoms. The molecule has 0 aromatic heterocycles. The molecule has 1 fully saturated rings. The highest BCUT2D eigenvalue weighted by molar-refractivity contribution is 5.95. The molecule has 0 radical (unpaired) electrons. The van der Waals surface area contributed by atoms with Gasteiger partial charge in [-0.3, -0.25) is 4.79 Å². The Kier molecular flexibility index (Phi) is 4.56. The summed E-state index contributed by atoms with van der Waals surface area (Å²) in [5, 5.41) is 8.63. The fourth-order valence-corrected chi connectivity index (χ4v) is 2.64. The summed E-state index contributed by atoms with van der Waals surface area (Å²) in [6.07, 6.45) is 5.68. The molecule has 1 N–H and O–H groups in total. The number of benzene rings is 1. The molecule has 0 saturated carbocycles. The van der Waals surface area contributed by atoms with Gasteiger partial charge in [-0.25, -0.2) is 4.79 Å². The Hall–Kier alpha value is -2.10. The monoisotopic (exact) mass is 273 g/mol. The highest BCUT2D eigenvalue weighted by Gasteiger charge is 2.27. The summed E-state index contributed by atoms with van der Waals surface area (Å²) >= 11 is 0. The van der Waals surface area contributed by atoms with Gasteiger partial charge in [-0.2, -0.15) is 0 Å². The summed E-state index contributed by atoms with van der Waals surface area (Å²) in [4.78, 5) is 24.9. The molecule has 106 valence electrons. The van der Waals surface area contributed by atoms with Crippen LogP contribution >= 0.6 is 0 Å². The minimum atomic E-state index is -0.993. The average molecular weight is 273 g/mol. The molecule has 1 atom stereocenters. The van der Waals surface area contributed by atoms with Crippen LogP contribution in [0, 0.1) is 0 Å². The first-order chi connectivity index (χ1) is 9.61. The maximum absolute atomic E-state index is 12.5. The van der Waals surface area contributed by atoms with E-state index in [1.807, 2.05) is 4.90 Å². The molecular formula is C16H19NO3. The first-order valence-electron chi connectivity index (χ1n) is 6.94. The van der Waals surface area contributed by atoms with E-state index in [1.165, 1.54) is 6.08 Å². The topological polar surface area (TPSA) is 57.6 Å². The van der Waals surface area contributed by atoms with E-state index in [0.717, 1.165) is 37.4 Å². The highest BCUT2D eigenvalue weighted by atomic mass is 16.4. The molecule has 0 bridgehead atoms. The molecule has 20 heavy (non-hydrogen) atoms. The normalized spacial score (nSPS) is 18.6. The second-order valence-corrected chi connectivity index (χ2v) is 5.00. The van der Waals surface area contributed by atoms with Gasteiger partial charge in [0.2, 0.25) is 0 Å². The van der Waals surface area contributed by atoms with Crippen LogP contribution in [0.1, 0.15) is 42.1 Å². The molecule has 1 aromatic rings. The molecule has 1 aliphatic rings. The lowest BCUT2D eigenvalue weighted by Gasteiger charge is -2.23. The van der Waals surface area contributed by atoms with Gasteiger partial charge in [-0.05, 0) is 43.0 Å². The lowest BCUT2D eigenvalue weighted by Crippen LogP contribution is -2.35. The van der Waals surface area contributed by atoms with Crippen LogP contribution in [0.25, 0.3) is 6.08 Å². The van der Waals surface area contributed by atoms with Crippen molar-refractivity contribution in [2.45, 2.75) is 32.2 Å². The second kappa shape index (κ2) is 6.37. The largest absolute Gasteiger partial charge is 0.478 e. The van der Waals surface area contributed by atoms with Crippen molar-refractivity contribution >= 4 is 18.0 Å². The van der Waals surface area contributed by atoms with Crippen molar-refractivity contribution in [3.05, 3.63) is 41.5 Å². The Morgan fingerprint density at radius 1 is 1.45 bits per heavy atom. The molecule has 1 saturated heterocycles. The zero-order valence-corrected chi connectivity index (χ0v) is 11.6. The summed E-state index contributed by atoms with van der Waals surface area (Å²) in [6.45, 7) is 2.91. The van der Waals surface area contributed by atoms with E-state index in [0.29, 0.717) is 11.6 Å². The number of hydrogen-bond donors (Lipinski definition) is 1. The maximum atomic E-state index is 12.5. The van der Waals surface area contributed by atoms with Crippen LogP contribution in [0.3, 0.4) is 0 Å². The third kappa shape index (κ3) is 3.26. The molecular weight excluding hydrogens is 254 g/mol. The van der Waals surface area contributed by atoms with Gasteiger partial charge in [-0.15, -0.1) is 0 Å². The van der Waals surface area contributed by atoms with E-state index >= 15 is 0 Å². The minimum absolute atomic E-state index is 0.0416. The predicted molar refractivity (Wildman–Crippen MR) is 77.5 cm³/mol. The first kappa shape index (κ1) is 14.3. The SMILES string of the molecule is CCC1CCCN1C(=O)c1cccc(C=CC(=O)O)c1. The number of hydrogen-bond acceptors (Lipinski definition) is 2. The summed E-state index contributed by atoms with van der Waals surface area (Å²) < 4.78 is 0. The molecule has 4 heteroatoms. The van der Waals surface area contributed by atoms with Crippen molar-refractivity contribution in [3.63, 3.8) is 0 Å². The van der Waals surface area contributed by atoms with Crippen molar-refractivity contribution in [2.75, 3.05) is 6.54 Å². The van der Waals surface area contributed by atoms with Gasteiger partial charge < -0.3 is 10.0 Å². The standard InChI is InChI=1S/C16H19NO3/c1-2-14-7-4-10-17(14)16(20)13-6-3-5-12(11-13)8-9-15(18)19/h3,5-6,8-9,11,14H,2,4,7,10H2,1H3,(H,18,19). The van der Waals surface area contributed by atoms with E-state index in [2.05, 4.69) is 6.92 Å². The summed E-state index contributed by atoms with van der Waals surface area (Å²) in [6, 6.07) is 7.43. The van der Waals surface area contributed by atoms with Crippen LogP contribution in [0.15, 0.2) is 30.3 Å². The second-order valence-electron chi connectivity index (χ2n) is 5.00. The van der Waals surface area contributed by atoms with Gasteiger partial charge in [0.15, 0.2) is 0 Å². The lowest BCUT2D eigenvalue weighted by molar-refractivity contribution is -0.131. The van der Waals surface area contributed by atoms with E-state index < -0.39 is 5.97 Å². The van der Waals surface area contributed by atoms with E-state index in [1.54, 1.807) is 24.3 Å². The number of amides is 1. The number of carbonyl (C=O) groups excluding carboxylic acids is 1. The van der Waals surface area contributed by atoms with Crippen LogP contribution in [-0.2, 0) is 4.79 Å². The third-order valence-electron chi connectivity index (χ3n) is 3.66. The number of rotatable bonds is 4. The first-order valence-corrected chi connectivity index (χ1v) is 6.94. The lowest BCUT2D eigenvalue weighted by atomic mass is 10.1. The number of likely N-dealkylation sites (tertiary alicyclic amines) is 1. The smallest absolute Gasteiger partial charge is 0.328 e. The maximum Gasteiger partial charge on any atom is 0.328 e. The molecule has 1 aliphatic heterocycles. The molecule has 1 heterocycles. The fourth-order valence-electron chi connectivity index (χ4n) is 2.64. The predicted octanol–water partition coefficient (Wildman–Crippen LogP) is 2.80. The Bertz CT molecular complexity index is 536. The van der Waals surface area contributed by atoms with Crippen molar-refractivity contribution in [1.29, 1.82) is 0 Å². The molecule has 1 aromatic carbocycles. The summed E-state index contributed by atoms with van der Waals surface area (Å²) in [7, 11) is 0. The van der Waals surface area contributed by atoms with Gasteiger partial charge in [0.25, 0.3) is 5.91 Å². The zero-order valence-electron chi connectivity index (χ0n) is 11.6. The van der Waals surface area contributed by atoms with Crippen molar-refractivity contribution < 1.29 is 14.7 Å². The van der Waals surface area contributed by atoms with E-state index in [-0.39, 0.29) is 5.91 Å². The summed E-state index contributed by atoms with van der Waals surface area (Å²) in [5.74, 6) is -0.952. The van der Waals surface area contributed by atoms with Gasteiger partial charge >= 0.3 is 5.97 Å². The summed E-state index contributed by atoms with van der Waals surface area (Å²) in [5.41, 5.74) is 1.35. The number of nitrogens with zero attached hydrogens (tertiary/aromatic N) is 1. The Morgan fingerprint density at radius 3 is 2.95 bits per heavy atom. The van der Waals surface area contributed by atoms with Gasteiger partial charge in [0, 0.05) is 24.2 Å². The molecule has 0 aliphatic carbocycles. The van der Waals surface area contributed by atoms with Crippen LogP contribution in [0.2, 0.25) is 0 Å². The fraction of sp³-hybridized carbons (Fsp3) is 0.375. The van der Waals surface area contributed by atoms with Gasteiger partial charge in [0.05, 0.1) is 0 Å². The Balaban J connectivity index is 2.18. The Labute approximate surface area is 118 Å². The van der Waals surface area contributed by atoms with Crippen LogP contribution in [0.5, 0.6) is 0 Å². The Morgan fingerprint density at radius 2 is 2.25 bits per heavy atom. The number of carboxylic acid groups (broad SMARTS) is 1. The van der Waals surface area contributed by atoms with E-state index in [9.17, 15) is 9.59 Å². The number of aliphatic carboxylic acids is 1. The molecule has 2 rings (SSSR count). The molecule has 1 unspecified atom stereocenters. The molecule has 4 nitrogen and oxygen atoms in total. The third-order valence-corrected chi connectivity index (χ3v) is 3.66. The van der Waals surface area contributed by atoms with Crippen molar-refractivity contribution in [2.24, 2.45) is 0 Å². The van der Waals surface area contributed by atoms with Gasteiger partial charge in [-0.1, -0.05) is 19.1 Å². The number of carbonyl (C=O) groups is 2. The quantitative estimate of drug-likeness (QED) is 0.858. The van der Waals surface area contributed by atoms with Crippen LogP contribution in [0.4, 0.5) is 0 Å². The van der Waals surface area contributed by atoms with Crippen LogP contribution < -0.4 is 0 Å². The van der Waals surface area contributed by atoms with Crippen LogP contribution in [-0.4, -0.2) is 34.5 Å². The van der Waals surface area contributed by atoms with Crippen molar-refractivity contribution in [1.82, 2.24) is 4.90 Å².